The summed E-state index contributed by atoms with van der Waals surface area (Å²) in [5.41, 5.74) is 3.30. The number of carbonyl (C=O) groups is 1. The Morgan fingerprint density at radius 1 is 1.24 bits per heavy atom. The summed E-state index contributed by atoms with van der Waals surface area (Å²) in [5, 5.41) is 9.72. The van der Waals surface area contributed by atoms with Crippen LogP contribution in [-0.2, 0) is 4.79 Å². The molecule has 0 spiro atoms. The third-order valence-electron chi connectivity index (χ3n) is 5.18. The van der Waals surface area contributed by atoms with Crippen LogP contribution in [0.25, 0.3) is 11.3 Å². The molecule has 3 atom stereocenters. The van der Waals surface area contributed by atoms with Gasteiger partial charge in [0, 0.05) is 11.8 Å². The van der Waals surface area contributed by atoms with Crippen molar-refractivity contribution >= 4 is 5.91 Å². The number of benzene rings is 1. The van der Waals surface area contributed by atoms with E-state index < -0.39 is 24.1 Å². The van der Waals surface area contributed by atoms with Crippen LogP contribution in [0.2, 0.25) is 0 Å². The third kappa shape index (κ3) is 4.04. The highest BCUT2D eigenvalue weighted by Gasteiger charge is 2.44. The molecule has 4 rings (SSSR count). The van der Waals surface area contributed by atoms with E-state index in [9.17, 15) is 13.6 Å². The number of aromatic amines is 1. The lowest BCUT2D eigenvalue weighted by atomic mass is 9.97. The number of H-pyrrole nitrogens is 1. The summed E-state index contributed by atoms with van der Waals surface area (Å²) in [5.74, 6) is -1.60. The lowest BCUT2D eigenvalue weighted by Crippen LogP contribution is -2.32. The van der Waals surface area contributed by atoms with Crippen LogP contribution >= 0.6 is 0 Å². The number of hydrogen-bond acceptors (Lipinski definition) is 3. The van der Waals surface area contributed by atoms with E-state index in [-0.39, 0.29) is 18.2 Å². The molecule has 1 aliphatic carbocycles. The Hall–Kier alpha value is -3.09. The number of nitrogens with one attached hydrogen (secondary N) is 2. The van der Waals surface area contributed by atoms with E-state index in [0.717, 1.165) is 16.8 Å². The number of hydrogen-bond donors (Lipinski definition) is 2. The number of alkyl halides is 1. The smallest absolute Gasteiger partial charge is 0.226 e. The van der Waals surface area contributed by atoms with Crippen LogP contribution in [0.15, 0.2) is 48.7 Å². The van der Waals surface area contributed by atoms with Gasteiger partial charge in [0.2, 0.25) is 11.9 Å². The molecule has 3 aromatic rings. The second-order valence-corrected chi connectivity index (χ2v) is 7.67. The fourth-order valence-electron chi connectivity index (χ4n) is 3.37. The summed E-state index contributed by atoms with van der Waals surface area (Å²) in [6, 6.07) is 12.0. The number of halogens is 2. The lowest BCUT2D eigenvalue weighted by molar-refractivity contribution is -0.123. The Morgan fingerprint density at radius 2 is 2.03 bits per heavy atom. The molecule has 0 aliphatic heterocycles. The monoisotopic (exact) mass is 396 g/mol. The minimum atomic E-state index is -1.11. The van der Waals surface area contributed by atoms with Gasteiger partial charge < -0.3 is 5.32 Å². The topological polar surface area (TPSA) is 70.7 Å². The number of nitrogens with zero attached hydrogens (tertiary/aromatic N) is 2. The van der Waals surface area contributed by atoms with E-state index in [2.05, 4.69) is 20.5 Å². The van der Waals surface area contributed by atoms with Gasteiger partial charge in [-0.15, -0.1) is 0 Å². The fraction of sp³-hybridized carbons (Fsp3) is 0.318. The molecule has 2 aromatic heterocycles. The molecule has 0 saturated heterocycles. The highest BCUT2D eigenvalue weighted by molar-refractivity contribution is 5.82. The summed E-state index contributed by atoms with van der Waals surface area (Å²) >= 11 is 0. The van der Waals surface area contributed by atoms with Gasteiger partial charge in [0.05, 0.1) is 23.3 Å². The van der Waals surface area contributed by atoms with Crippen molar-refractivity contribution in [3.63, 3.8) is 0 Å². The van der Waals surface area contributed by atoms with Gasteiger partial charge in [0.1, 0.15) is 6.17 Å². The first kappa shape index (κ1) is 19.2. The predicted octanol–water partition coefficient (Wildman–Crippen LogP) is 4.30. The van der Waals surface area contributed by atoms with Crippen molar-refractivity contribution in [3.8, 4) is 11.3 Å². The third-order valence-corrected chi connectivity index (χ3v) is 5.18. The van der Waals surface area contributed by atoms with E-state index in [4.69, 9.17) is 0 Å². The van der Waals surface area contributed by atoms with Crippen molar-refractivity contribution in [2.75, 3.05) is 0 Å². The van der Waals surface area contributed by atoms with Crippen LogP contribution < -0.4 is 5.32 Å². The van der Waals surface area contributed by atoms with Gasteiger partial charge in [-0.25, -0.2) is 9.37 Å². The van der Waals surface area contributed by atoms with Crippen LogP contribution in [0.4, 0.5) is 8.78 Å². The summed E-state index contributed by atoms with van der Waals surface area (Å²) in [7, 11) is 0. The first-order valence-corrected chi connectivity index (χ1v) is 9.64. The molecule has 29 heavy (non-hydrogen) atoms. The van der Waals surface area contributed by atoms with Crippen LogP contribution in [0.1, 0.15) is 49.0 Å². The van der Waals surface area contributed by atoms with Gasteiger partial charge in [-0.05, 0) is 41.7 Å². The SMILES string of the molecule is CC(C)c1ccc(C(NC(=O)C2CC2F)c2cccc(-c3ccn[nH]3)c2)nc1F. The zero-order valence-electron chi connectivity index (χ0n) is 16.2. The number of aromatic nitrogens is 3. The molecule has 1 saturated carbocycles. The average molecular weight is 396 g/mol. The Labute approximate surface area is 167 Å². The second-order valence-electron chi connectivity index (χ2n) is 7.67. The Kier molecular flexibility index (Phi) is 5.13. The molecule has 1 amide bonds. The maximum Gasteiger partial charge on any atom is 0.226 e. The Balaban J connectivity index is 1.72. The fourth-order valence-corrected chi connectivity index (χ4v) is 3.37. The summed E-state index contributed by atoms with van der Waals surface area (Å²) in [6.07, 6.45) is 0.762. The van der Waals surface area contributed by atoms with E-state index in [0.29, 0.717) is 11.3 Å². The summed E-state index contributed by atoms with van der Waals surface area (Å²) < 4.78 is 27.9. The molecule has 1 fully saturated rings. The molecule has 0 radical (unpaired) electrons. The molecule has 7 heteroatoms. The molecule has 1 aromatic carbocycles. The van der Waals surface area contributed by atoms with Crippen molar-refractivity contribution in [3.05, 3.63) is 71.4 Å². The zero-order chi connectivity index (χ0) is 20.5. The molecule has 150 valence electrons. The van der Waals surface area contributed by atoms with Crippen molar-refractivity contribution in [1.29, 1.82) is 0 Å². The number of rotatable bonds is 6. The van der Waals surface area contributed by atoms with Crippen molar-refractivity contribution < 1.29 is 13.6 Å². The number of amides is 1. The molecule has 2 N–H and O–H groups in total. The van der Waals surface area contributed by atoms with Crippen LogP contribution in [0, 0.1) is 11.9 Å². The van der Waals surface area contributed by atoms with Gasteiger partial charge >= 0.3 is 0 Å². The molecular formula is C22H22F2N4O. The molecule has 0 bridgehead atoms. The maximum atomic E-state index is 14.6. The van der Waals surface area contributed by atoms with Gasteiger partial charge in [0.15, 0.2) is 0 Å². The lowest BCUT2D eigenvalue weighted by Gasteiger charge is -2.20. The molecule has 2 heterocycles. The summed E-state index contributed by atoms with van der Waals surface area (Å²) in [6.45, 7) is 3.78. The quantitative estimate of drug-likeness (QED) is 0.611. The van der Waals surface area contributed by atoms with Crippen LogP contribution in [-0.4, -0.2) is 27.3 Å². The molecule has 3 unspecified atom stereocenters. The van der Waals surface area contributed by atoms with Crippen molar-refractivity contribution in [1.82, 2.24) is 20.5 Å². The number of pyridine rings is 1. The molecule has 1 aliphatic rings. The normalized spacial score (nSPS) is 19.2. The highest BCUT2D eigenvalue weighted by Crippen LogP contribution is 2.35. The zero-order valence-corrected chi connectivity index (χ0v) is 16.2. The van der Waals surface area contributed by atoms with Gasteiger partial charge in [-0.1, -0.05) is 38.1 Å². The van der Waals surface area contributed by atoms with E-state index in [1.54, 1.807) is 18.3 Å². The maximum absolute atomic E-state index is 14.6. The minimum Gasteiger partial charge on any atom is -0.343 e. The van der Waals surface area contributed by atoms with Crippen molar-refractivity contribution in [2.45, 2.75) is 38.4 Å². The number of carbonyl (C=O) groups excluding carboxylic acids is 1. The highest BCUT2D eigenvalue weighted by atomic mass is 19.1. The first-order chi connectivity index (χ1) is 13.9. The van der Waals surface area contributed by atoms with E-state index in [1.165, 1.54) is 0 Å². The standard InChI is InChI=1S/C22H22F2N4O/c1-12(2)15-6-7-19(26-21(15)24)20(27-22(29)16-11-17(16)23)14-5-3-4-13(10-14)18-8-9-25-28-18/h3-10,12,16-17,20H,11H2,1-2H3,(H,25,28)(H,27,29). The predicted molar refractivity (Wildman–Crippen MR) is 105 cm³/mol. The second kappa shape index (κ2) is 7.73. The average Bonchev–Trinajstić information content (AvgIpc) is 3.20. The van der Waals surface area contributed by atoms with E-state index in [1.807, 2.05) is 44.2 Å². The van der Waals surface area contributed by atoms with Crippen molar-refractivity contribution in [2.24, 2.45) is 5.92 Å². The first-order valence-electron chi connectivity index (χ1n) is 9.64. The van der Waals surface area contributed by atoms with Gasteiger partial charge in [0.25, 0.3) is 0 Å². The minimum absolute atomic E-state index is 0.00735. The van der Waals surface area contributed by atoms with Crippen LogP contribution in [0.3, 0.4) is 0 Å². The van der Waals surface area contributed by atoms with Gasteiger partial charge in [-0.3, -0.25) is 9.89 Å². The molecular weight excluding hydrogens is 374 g/mol. The molecule has 5 nitrogen and oxygen atoms in total. The largest absolute Gasteiger partial charge is 0.343 e. The Morgan fingerprint density at radius 3 is 2.66 bits per heavy atom. The van der Waals surface area contributed by atoms with E-state index >= 15 is 0 Å². The van der Waals surface area contributed by atoms with Crippen LogP contribution in [0.5, 0.6) is 0 Å². The Bertz CT molecular complexity index is 1020. The van der Waals surface area contributed by atoms with Gasteiger partial charge in [-0.2, -0.15) is 9.49 Å². The summed E-state index contributed by atoms with van der Waals surface area (Å²) in [4.78, 5) is 16.6.